The van der Waals surface area contributed by atoms with Crippen molar-refractivity contribution in [1.29, 1.82) is 0 Å². The Morgan fingerprint density at radius 1 is 0.767 bits per heavy atom. The zero-order valence-corrected chi connectivity index (χ0v) is 16.7. The van der Waals surface area contributed by atoms with Crippen molar-refractivity contribution in [2.24, 2.45) is 0 Å². The van der Waals surface area contributed by atoms with Crippen molar-refractivity contribution in [3.63, 3.8) is 0 Å². The summed E-state index contributed by atoms with van der Waals surface area (Å²) < 4.78 is 1.90. The quantitative estimate of drug-likeness (QED) is 0.386. The topological polar surface area (TPSA) is 42.2 Å². The van der Waals surface area contributed by atoms with E-state index < -0.39 is 0 Å². The summed E-state index contributed by atoms with van der Waals surface area (Å²) in [5, 5.41) is 8.30. The number of anilines is 1. The van der Waals surface area contributed by atoms with Crippen molar-refractivity contribution in [2.45, 2.75) is 13.0 Å². The summed E-state index contributed by atoms with van der Waals surface area (Å²) in [4.78, 5) is 4.98. The Morgan fingerprint density at radius 2 is 1.37 bits per heavy atom. The molecule has 0 aliphatic carbocycles. The third kappa shape index (κ3) is 3.44. The molecule has 0 aliphatic rings. The van der Waals surface area contributed by atoms with Gasteiger partial charge in [-0.05, 0) is 18.1 Å². The number of benzene rings is 3. The summed E-state index contributed by atoms with van der Waals surface area (Å²) in [5.74, 6) is 0.914. The van der Waals surface area contributed by atoms with Gasteiger partial charge in [-0.2, -0.15) is 9.61 Å². The average molecular weight is 390 g/mol. The number of rotatable bonds is 5. The maximum absolute atomic E-state index is 4.98. The van der Waals surface area contributed by atoms with E-state index in [9.17, 15) is 0 Å². The molecule has 0 aliphatic heterocycles. The Kier molecular flexibility index (Phi) is 4.74. The predicted molar refractivity (Wildman–Crippen MR) is 122 cm³/mol. The molecule has 0 unspecified atom stereocenters. The van der Waals surface area contributed by atoms with E-state index in [2.05, 4.69) is 71.9 Å². The highest BCUT2D eigenvalue weighted by Crippen LogP contribution is 2.30. The van der Waals surface area contributed by atoms with Gasteiger partial charge in [0, 0.05) is 23.2 Å². The molecule has 0 fully saturated rings. The van der Waals surface area contributed by atoms with Gasteiger partial charge in [-0.1, -0.05) is 91.0 Å². The molecular weight excluding hydrogens is 368 g/mol. The molecule has 5 aromatic rings. The van der Waals surface area contributed by atoms with E-state index in [1.807, 2.05) is 53.2 Å². The molecule has 2 aromatic heterocycles. The molecule has 2 heterocycles. The van der Waals surface area contributed by atoms with Gasteiger partial charge in [-0.15, -0.1) is 0 Å². The summed E-state index contributed by atoms with van der Waals surface area (Å²) in [5.41, 5.74) is 6.18. The molecule has 0 bridgehead atoms. The van der Waals surface area contributed by atoms with Gasteiger partial charge < -0.3 is 5.32 Å². The number of hydrogen-bond donors (Lipinski definition) is 1. The van der Waals surface area contributed by atoms with Crippen LogP contribution in [0.1, 0.15) is 18.5 Å². The fraction of sp³-hybridized carbons (Fsp3) is 0.0769. The van der Waals surface area contributed by atoms with Crippen LogP contribution in [0.5, 0.6) is 0 Å². The van der Waals surface area contributed by atoms with E-state index in [0.29, 0.717) is 0 Å². The Bertz CT molecular complexity index is 1260. The van der Waals surface area contributed by atoms with Crippen molar-refractivity contribution in [3.05, 3.63) is 109 Å². The molecular formula is C26H22N4. The first-order valence-electron chi connectivity index (χ1n) is 10.1. The normalized spacial score (nSPS) is 12.0. The Morgan fingerprint density at radius 3 is 2.03 bits per heavy atom. The third-order valence-electron chi connectivity index (χ3n) is 5.29. The van der Waals surface area contributed by atoms with E-state index in [-0.39, 0.29) is 6.04 Å². The van der Waals surface area contributed by atoms with E-state index in [1.165, 1.54) is 5.56 Å². The minimum Gasteiger partial charge on any atom is -0.363 e. The summed E-state index contributed by atoms with van der Waals surface area (Å²) in [6.45, 7) is 2.16. The average Bonchev–Trinajstić information content (AvgIpc) is 3.25. The van der Waals surface area contributed by atoms with Gasteiger partial charge in [0.1, 0.15) is 5.82 Å². The third-order valence-corrected chi connectivity index (χ3v) is 5.29. The number of aromatic nitrogens is 3. The molecule has 30 heavy (non-hydrogen) atoms. The molecule has 4 heteroatoms. The largest absolute Gasteiger partial charge is 0.363 e. The van der Waals surface area contributed by atoms with Gasteiger partial charge in [0.25, 0.3) is 0 Å². The van der Waals surface area contributed by atoms with E-state index in [1.54, 1.807) is 0 Å². The molecule has 1 atom stereocenters. The fourth-order valence-electron chi connectivity index (χ4n) is 3.69. The Hall–Kier alpha value is -3.92. The molecule has 0 saturated heterocycles. The number of hydrogen-bond acceptors (Lipinski definition) is 3. The van der Waals surface area contributed by atoms with Crippen molar-refractivity contribution >= 4 is 11.5 Å². The second-order valence-electron chi connectivity index (χ2n) is 7.33. The van der Waals surface area contributed by atoms with Gasteiger partial charge in [0.15, 0.2) is 5.65 Å². The fourth-order valence-corrected chi connectivity index (χ4v) is 3.69. The maximum atomic E-state index is 4.98. The second kappa shape index (κ2) is 7.84. The zero-order valence-electron chi connectivity index (χ0n) is 16.7. The van der Waals surface area contributed by atoms with Crippen LogP contribution in [0.25, 0.3) is 28.0 Å². The minimum atomic E-state index is 0.129. The van der Waals surface area contributed by atoms with Crippen molar-refractivity contribution in [1.82, 2.24) is 14.6 Å². The smallest absolute Gasteiger partial charge is 0.165 e. The monoisotopic (exact) mass is 390 g/mol. The highest BCUT2D eigenvalue weighted by molar-refractivity contribution is 5.80. The molecule has 0 spiro atoms. The Balaban J connectivity index is 1.66. The van der Waals surface area contributed by atoms with Crippen molar-refractivity contribution in [3.8, 4) is 22.4 Å². The van der Waals surface area contributed by atoms with E-state index >= 15 is 0 Å². The molecule has 0 amide bonds. The van der Waals surface area contributed by atoms with Crippen LogP contribution in [-0.2, 0) is 0 Å². The van der Waals surface area contributed by atoms with Crippen LogP contribution in [0.4, 0.5) is 5.82 Å². The highest BCUT2D eigenvalue weighted by atomic mass is 15.3. The summed E-state index contributed by atoms with van der Waals surface area (Å²) in [6.07, 6.45) is 1.89. The summed E-state index contributed by atoms with van der Waals surface area (Å²) in [7, 11) is 0. The number of nitrogens with one attached hydrogen (secondary N) is 1. The van der Waals surface area contributed by atoms with Crippen LogP contribution in [0, 0.1) is 0 Å². The van der Waals surface area contributed by atoms with Crippen LogP contribution in [0.2, 0.25) is 0 Å². The summed E-state index contributed by atoms with van der Waals surface area (Å²) in [6, 6.07) is 33.2. The number of nitrogens with zero attached hydrogens (tertiary/aromatic N) is 3. The lowest BCUT2D eigenvalue weighted by molar-refractivity contribution is 0.841. The van der Waals surface area contributed by atoms with Gasteiger partial charge in [-0.25, -0.2) is 4.98 Å². The Labute approximate surface area is 175 Å². The first-order chi connectivity index (χ1) is 14.8. The first-order valence-corrected chi connectivity index (χ1v) is 10.1. The van der Waals surface area contributed by atoms with E-state index in [0.717, 1.165) is 33.8 Å². The summed E-state index contributed by atoms with van der Waals surface area (Å²) >= 11 is 0. The number of fused-ring (bicyclic) bond motifs is 1. The second-order valence-corrected chi connectivity index (χ2v) is 7.33. The highest BCUT2D eigenvalue weighted by Gasteiger charge is 2.15. The lowest BCUT2D eigenvalue weighted by atomic mass is 10.1. The minimum absolute atomic E-state index is 0.129. The zero-order chi connectivity index (χ0) is 20.3. The van der Waals surface area contributed by atoms with Crippen LogP contribution >= 0.6 is 0 Å². The molecule has 1 N–H and O–H groups in total. The maximum Gasteiger partial charge on any atom is 0.165 e. The molecule has 0 radical (unpaired) electrons. The van der Waals surface area contributed by atoms with Gasteiger partial charge in [0.2, 0.25) is 0 Å². The van der Waals surface area contributed by atoms with Gasteiger partial charge in [-0.3, -0.25) is 0 Å². The van der Waals surface area contributed by atoms with Gasteiger partial charge >= 0.3 is 0 Å². The standard InChI is InChI=1S/C26H22N4/c1-19(20-11-5-2-6-12-20)28-25-17-24(22-15-9-4-10-16-22)29-26-23(18-27-30(25)26)21-13-7-3-8-14-21/h2-19,28H,1H3/t19-/m1/s1. The lowest BCUT2D eigenvalue weighted by Gasteiger charge is -2.17. The van der Waals surface area contributed by atoms with Crippen molar-refractivity contribution in [2.75, 3.05) is 5.32 Å². The van der Waals surface area contributed by atoms with Crippen LogP contribution in [-0.4, -0.2) is 14.6 Å². The van der Waals surface area contributed by atoms with Crippen LogP contribution in [0.15, 0.2) is 103 Å². The van der Waals surface area contributed by atoms with Crippen LogP contribution in [0.3, 0.4) is 0 Å². The molecule has 0 saturated carbocycles. The SMILES string of the molecule is C[C@@H](Nc1cc(-c2ccccc2)nc2c(-c3ccccc3)cnn12)c1ccccc1. The predicted octanol–water partition coefficient (Wildman–Crippen LogP) is 6.24. The molecule has 3 aromatic carbocycles. The van der Waals surface area contributed by atoms with Crippen molar-refractivity contribution < 1.29 is 0 Å². The molecule has 146 valence electrons. The van der Waals surface area contributed by atoms with Gasteiger partial charge in [0.05, 0.1) is 11.9 Å². The molecule has 5 rings (SSSR count). The molecule has 4 nitrogen and oxygen atoms in total. The first kappa shape index (κ1) is 18.1. The van der Waals surface area contributed by atoms with E-state index in [4.69, 9.17) is 4.98 Å². The van der Waals surface area contributed by atoms with Crippen LogP contribution < -0.4 is 5.32 Å². The lowest BCUT2D eigenvalue weighted by Crippen LogP contribution is -2.11.